The van der Waals surface area contributed by atoms with Crippen molar-refractivity contribution in [2.24, 2.45) is 5.73 Å². The topological polar surface area (TPSA) is 81.4 Å². The molecule has 1 aliphatic rings. The third kappa shape index (κ3) is 3.26. The Bertz CT molecular complexity index is 464. The van der Waals surface area contributed by atoms with Gasteiger partial charge in [0.2, 0.25) is 10.0 Å². The fourth-order valence-corrected chi connectivity index (χ4v) is 4.23. The van der Waals surface area contributed by atoms with Crippen LogP contribution in [0, 0.1) is 0 Å². The number of hydrogen-bond acceptors (Lipinski definition) is 5. The molecular weight excluding hydrogens is 260 g/mol. The van der Waals surface area contributed by atoms with Gasteiger partial charge in [0.15, 0.2) is 0 Å². The van der Waals surface area contributed by atoms with E-state index in [9.17, 15) is 8.42 Å². The fourth-order valence-electron chi connectivity index (χ4n) is 1.72. The van der Waals surface area contributed by atoms with E-state index < -0.39 is 10.0 Å². The van der Waals surface area contributed by atoms with Gasteiger partial charge in [-0.25, -0.2) is 13.1 Å². The van der Waals surface area contributed by atoms with Gasteiger partial charge in [0.25, 0.3) is 0 Å². The number of ether oxygens (including phenoxy) is 1. The third-order valence-electron chi connectivity index (χ3n) is 2.59. The molecule has 1 atom stereocenters. The van der Waals surface area contributed by atoms with Crippen LogP contribution in [-0.2, 0) is 21.3 Å². The first-order valence-corrected chi connectivity index (χ1v) is 7.80. The second-order valence-electron chi connectivity index (χ2n) is 3.96. The lowest BCUT2D eigenvalue weighted by molar-refractivity contribution is 0.0774. The molecule has 0 spiro atoms. The molecule has 0 aliphatic carbocycles. The maximum Gasteiger partial charge on any atom is 0.250 e. The Morgan fingerprint density at radius 2 is 2.35 bits per heavy atom. The highest BCUT2D eigenvalue weighted by Crippen LogP contribution is 2.22. The van der Waals surface area contributed by atoms with Crippen molar-refractivity contribution in [3.63, 3.8) is 0 Å². The molecule has 2 rings (SSSR count). The van der Waals surface area contributed by atoms with Crippen LogP contribution in [0.15, 0.2) is 16.3 Å². The van der Waals surface area contributed by atoms with Gasteiger partial charge in [0.05, 0.1) is 6.61 Å². The smallest absolute Gasteiger partial charge is 0.250 e. The standard InChI is InChI=1S/C10H16N2O3S2/c11-6-9-3-4-10(16-9)17(13,14)12-8-2-1-5-15-7-8/h3-4,8,12H,1-2,5-7,11H2. The number of nitrogens with two attached hydrogens (primary N) is 1. The summed E-state index contributed by atoms with van der Waals surface area (Å²) in [7, 11) is -3.42. The first kappa shape index (κ1) is 13.0. The summed E-state index contributed by atoms with van der Waals surface area (Å²) in [4.78, 5) is 0.866. The van der Waals surface area contributed by atoms with E-state index in [0.717, 1.165) is 17.7 Å². The molecule has 0 amide bonds. The molecule has 1 aromatic heterocycles. The normalized spacial score (nSPS) is 21.6. The van der Waals surface area contributed by atoms with Gasteiger partial charge in [-0.2, -0.15) is 0 Å². The van der Waals surface area contributed by atoms with E-state index in [-0.39, 0.29) is 6.04 Å². The fraction of sp³-hybridized carbons (Fsp3) is 0.600. The molecule has 1 aliphatic heterocycles. The van der Waals surface area contributed by atoms with Gasteiger partial charge < -0.3 is 10.5 Å². The highest BCUT2D eigenvalue weighted by Gasteiger charge is 2.23. The van der Waals surface area contributed by atoms with Gasteiger partial charge in [0.1, 0.15) is 4.21 Å². The SMILES string of the molecule is NCc1ccc(S(=O)(=O)NC2CCCOC2)s1. The monoisotopic (exact) mass is 276 g/mol. The molecule has 0 aromatic carbocycles. The summed E-state index contributed by atoms with van der Waals surface area (Å²) in [5.41, 5.74) is 5.47. The summed E-state index contributed by atoms with van der Waals surface area (Å²) < 4.78 is 32.3. The summed E-state index contributed by atoms with van der Waals surface area (Å²) in [6.45, 7) is 1.54. The number of hydrogen-bond donors (Lipinski definition) is 2. The molecule has 96 valence electrons. The van der Waals surface area contributed by atoms with Crippen molar-refractivity contribution in [2.45, 2.75) is 29.6 Å². The van der Waals surface area contributed by atoms with Crippen molar-refractivity contribution in [1.82, 2.24) is 4.72 Å². The molecule has 0 saturated carbocycles. The number of rotatable bonds is 4. The number of sulfonamides is 1. The van der Waals surface area contributed by atoms with Gasteiger partial charge >= 0.3 is 0 Å². The summed E-state index contributed by atoms with van der Waals surface area (Å²) in [5.74, 6) is 0. The van der Waals surface area contributed by atoms with E-state index >= 15 is 0 Å². The van der Waals surface area contributed by atoms with Crippen LogP contribution in [0.25, 0.3) is 0 Å². The Balaban J connectivity index is 2.07. The van der Waals surface area contributed by atoms with Crippen molar-refractivity contribution in [2.75, 3.05) is 13.2 Å². The average molecular weight is 276 g/mol. The quantitative estimate of drug-likeness (QED) is 0.846. The summed E-state index contributed by atoms with van der Waals surface area (Å²) in [5, 5.41) is 0. The Morgan fingerprint density at radius 1 is 1.53 bits per heavy atom. The van der Waals surface area contributed by atoms with Crippen molar-refractivity contribution in [3.05, 3.63) is 17.0 Å². The van der Waals surface area contributed by atoms with Gasteiger partial charge in [-0.15, -0.1) is 11.3 Å². The zero-order valence-corrected chi connectivity index (χ0v) is 11.0. The minimum Gasteiger partial charge on any atom is -0.380 e. The lowest BCUT2D eigenvalue weighted by Crippen LogP contribution is -2.40. The maximum atomic E-state index is 12.0. The summed E-state index contributed by atoms with van der Waals surface area (Å²) in [6.07, 6.45) is 1.72. The van der Waals surface area contributed by atoms with Gasteiger partial charge in [-0.1, -0.05) is 0 Å². The molecular formula is C10H16N2O3S2. The van der Waals surface area contributed by atoms with Gasteiger partial charge in [-0.3, -0.25) is 0 Å². The highest BCUT2D eigenvalue weighted by molar-refractivity contribution is 7.91. The maximum absolute atomic E-state index is 12.0. The summed E-state index contributed by atoms with van der Waals surface area (Å²) in [6, 6.07) is 3.23. The van der Waals surface area contributed by atoms with Crippen LogP contribution in [0.2, 0.25) is 0 Å². The molecule has 1 saturated heterocycles. The Kier molecular flexibility index (Phi) is 4.16. The second-order valence-corrected chi connectivity index (χ2v) is 7.07. The molecule has 5 nitrogen and oxygen atoms in total. The van der Waals surface area contributed by atoms with E-state index in [1.807, 2.05) is 0 Å². The Labute approximate surface area is 105 Å². The molecule has 2 heterocycles. The van der Waals surface area contributed by atoms with Crippen molar-refractivity contribution >= 4 is 21.4 Å². The first-order chi connectivity index (χ1) is 8.12. The van der Waals surface area contributed by atoms with Crippen LogP contribution in [-0.4, -0.2) is 27.7 Å². The van der Waals surface area contributed by atoms with E-state index in [1.165, 1.54) is 11.3 Å². The minimum atomic E-state index is -3.42. The minimum absolute atomic E-state index is 0.114. The third-order valence-corrected chi connectivity index (χ3v) is 5.71. The molecule has 1 unspecified atom stereocenters. The zero-order chi connectivity index (χ0) is 12.3. The highest BCUT2D eigenvalue weighted by atomic mass is 32.2. The molecule has 3 N–H and O–H groups in total. The van der Waals surface area contributed by atoms with Crippen LogP contribution in [0.3, 0.4) is 0 Å². The molecule has 17 heavy (non-hydrogen) atoms. The van der Waals surface area contributed by atoms with Gasteiger partial charge in [0, 0.05) is 24.1 Å². The van der Waals surface area contributed by atoms with Gasteiger partial charge in [-0.05, 0) is 25.0 Å². The Morgan fingerprint density at radius 3 is 2.94 bits per heavy atom. The van der Waals surface area contributed by atoms with Crippen molar-refractivity contribution in [3.8, 4) is 0 Å². The van der Waals surface area contributed by atoms with Crippen LogP contribution in [0.1, 0.15) is 17.7 Å². The zero-order valence-electron chi connectivity index (χ0n) is 9.39. The lowest BCUT2D eigenvalue weighted by atomic mass is 10.1. The molecule has 7 heteroatoms. The Hall–Kier alpha value is -0.470. The second kappa shape index (κ2) is 5.45. The van der Waals surface area contributed by atoms with E-state index in [2.05, 4.69) is 4.72 Å². The van der Waals surface area contributed by atoms with E-state index in [1.54, 1.807) is 12.1 Å². The lowest BCUT2D eigenvalue weighted by Gasteiger charge is -2.22. The van der Waals surface area contributed by atoms with Crippen LogP contribution in [0.4, 0.5) is 0 Å². The average Bonchev–Trinajstić information content (AvgIpc) is 2.79. The summed E-state index contributed by atoms with van der Waals surface area (Å²) >= 11 is 1.21. The molecule has 0 bridgehead atoms. The predicted molar refractivity (Wildman–Crippen MR) is 66.4 cm³/mol. The van der Waals surface area contributed by atoms with Crippen LogP contribution in [0.5, 0.6) is 0 Å². The number of thiophene rings is 1. The molecule has 1 aromatic rings. The molecule has 1 fully saturated rings. The molecule has 0 radical (unpaired) electrons. The number of nitrogens with one attached hydrogen (secondary N) is 1. The van der Waals surface area contributed by atoms with E-state index in [4.69, 9.17) is 10.5 Å². The van der Waals surface area contributed by atoms with Crippen molar-refractivity contribution in [1.29, 1.82) is 0 Å². The van der Waals surface area contributed by atoms with Crippen molar-refractivity contribution < 1.29 is 13.2 Å². The van der Waals surface area contributed by atoms with E-state index in [0.29, 0.717) is 24.0 Å². The van der Waals surface area contributed by atoms with Crippen LogP contribution < -0.4 is 10.5 Å². The largest absolute Gasteiger partial charge is 0.380 e. The van der Waals surface area contributed by atoms with Crippen LogP contribution >= 0.6 is 11.3 Å². The first-order valence-electron chi connectivity index (χ1n) is 5.50. The predicted octanol–water partition coefficient (Wildman–Crippen LogP) is 0.664.